The third-order valence-corrected chi connectivity index (χ3v) is 3.28. The zero-order chi connectivity index (χ0) is 13.0. The van der Waals surface area contributed by atoms with Gasteiger partial charge in [-0.2, -0.15) is 0 Å². The molecule has 1 fully saturated rings. The average molecular weight is 250 g/mol. The van der Waals surface area contributed by atoms with E-state index in [-0.39, 0.29) is 6.10 Å². The van der Waals surface area contributed by atoms with E-state index in [4.69, 9.17) is 4.74 Å². The molecule has 0 amide bonds. The molecule has 0 aromatic carbocycles. The smallest absolute Gasteiger partial charge is 0.341 e. The van der Waals surface area contributed by atoms with Crippen LogP contribution < -0.4 is 5.32 Å². The van der Waals surface area contributed by atoms with Gasteiger partial charge in [0.25, 0.3) is 0 Å². The first-order chi connectivity index (χ1) is 8.70. The second-order valence-electron chi connectivity index (χ2n) is 4.60. The second kappa shape index (κ2) is 5.82. The maximum absolute atomic E-state index is 11.5. The largest absolute Gasteiger partial charge is 0.465 e. The molecule has 2 rings (SSSR count). The molecule has 2 unspecified atom stereocenters. The quantitative estimate of drug-likeness (QED) is 0.791. The lowest BCUT2D eigenvalue weighted by molar-refractivity contribution is 0.0601. The van der Waals surface area contributed by atoms with Crippen molar-refractivity contribution in [3.63, 3.8) is 0 Å². The van der Waals surface area contributed by atoms with E-state index in [0.29, 0.717) is 17.3 Å². The minimum Gasteiger partial charge on any atom is -0.465 e. The van der Waals surface area contributed by atoms with Gasteiger partial charge < -0.3 is 15.2 Å². The van der Waals surface area contributed by atoms with Gasteiger partial charge in [0.1, 0.15) is 11.4 Å². The van der Waals surface area contributed by atoms with E-state index < -0.39 is 5.97 Å². The molecule has 2 N–H and O–H groups in total. The fraction of sp³-hybridized carbons (Fsp3) is 0.538. The van der Waals surface area contributed by atoms with Crippen LogP contribution >= 0.6 is 0 Å². The first kappa shape index (κ1) is 12.8. The van der Waals surface area contributed by atoms with Crippen LogP contribution in [0.2, 0.25) is 0 Å². The molecule has 1 aromatic heterocycles. The Bertz CT molecular complexity index is 422. The number of hydrogen-bond acceptors (Lipinski definition) is 5. The van der Waals surface area contributed by atoms with Crippen LogP contribution in [-0.2, 0) is 4.74 Å². The Balaban J connectivity index is 1.98. The normalized spacial score (nSPS) is 22.8. The molecule has 1 aliphatic rings. The summed E-state index contributed by atoms with van der Waals surface area (Å²) in [7, 11) is 1.35. The zero-order valence-corrected chi connectivity index (χ0v) is 10.4. The van der Waals surface area contributed by atoms with Crippen molar-refractivity contribution in [1.82, 2.24) is 4.98 Å². The molecule has 0 spiro atoms. The molecule has 0 bridgehead atoms. The SMILES string of the molecule is COC(=O)c1cccnc1NCC1CCC(O)C1. The predicted octanol–water partition coefficient (Wildman–Crippen LogP) is 1.44. The molecule has 1 aromatic rings. The number of esters is 1. The van der Waals surface area contributed by atoms with Crippen LogP contribution in [-0.4, -0.2) is 35.8 Å². The molecular weight excluding hydrogens is 232 g/mol. The topological polar surface area (TPSA) is 71.5 Å². The average Bonchev–Trinajstić information content (AvgIpc) is 2.81. The Morgan fingerprint density at radius 1 is 1.61 bits per heavy atom. The summed E-state index contributed by atoms with van der Waals surface area (Å²) in [6.45, 7) is 0.720. The molecule has 0 saturated heterocycles. The standard InChI is InChI=1S/C13H18N2O3/c1-18-13(17)11-3-2-6-14-12(11)15-8-9-4-5-10(16)7-9/h2-3,6,9-10,16H,4-5,7-8H2,1H3,(H,14,15). The van der Waals surface area contributed by atoms with Crippen molar-refractivity contribution in [3.05, 3.63) is 23.9 Å². The first-order valence-electron chi connectivity index (χ1n) is 6.16. The highest BCUT2D eigenvalue weighted by atomic mass is 16.5. The Morgan fingerprint density at radius 2 is 2.44 bits per heavy atom. The van der Waals surface area contributed by atoms with Crippen LogP contribution in [0.1, 0.15) is 29.6 Å². The van der Waals surface area contributed by atoms with E-state index in [1.54, 1.807) is 18.3 Å². The van der Waals surface area contributed by atoms with Gasteiger partial charge in [-0.3, -0.25) is 0 Å². The predicted molar refractivity (Wildman–Crippen MR) is 67.4 cm³/mol. The maximum atomic E-state index is 11.5. The number of hydrogen-bond donors (Lipinski definition) is 2. The summed E-state index contributed by atoms with van der Waals surface area (Å²) in [4.78, 5) is 15.7. The number of carbonyl (C=O) groups is 1. The number of nitrogens with one attached hydrogen (secondary N) is 1. The van der Waals surface area contributed by atoms with Gasteiger partial charge in [0.2, 0.25) is 0 Å². The highest BCUT2D eigenvalue weighted by Gasteiger charge is 2.23. The number of anilines is 1. The maximum Gasteiger partial charge on any atom is 0.341 e. The Kier molecular flexibility index (Phi) is 4.15. The molecule has 98 valence electrons. The summed E-state index contributed by atoms with van der Waals surface area (Å²) in [5.41, 5.74) is 0.443. The molecule has 18 heavy (non-hydrogen) atoms. The van der Waals surface area contributed by atoms with Gasteiger partial charge in [0.05, 0.1) is 13.2 Å². The van der Waals surface area contributed by atoms with Gasteiger partial charge in [0, 0.05) is 12.7 Å². The Labute approximate surface area is 106 Å². The van der Waals surface area contributed by atoms with Crippen molar-refractivity contribution in [2.45, 2.75) is 25.4 Å². The molecule has 0 radical (unpaired) electrons. The highest BCUT2D eigenvalue weighted by Crippen LogP contribution is 2.25. The fourth-order valence-electron chi connectivity index (χ4n) is 2.30. The van der Waals surface area contributed by atoms with Crippen LogP contribution in [0.5, 0.6) is 0 Å². The number of pyridine rings is 1. The van der Waals surface area contributed by atoms with Crippen LogP contribution in [0.4, 0.5) is 5.82 Å². The monoisotopic (exact) mass is 250 g/mol. The number of aromatic nitrogens is 1. The zero-order valence-electron chi connectivity index (χ0n) is 10.4. The van der Waals surface area contributed by atoms with Crippen LogP contribution in [0.15, 0.2) is 18.3 Å². The third kappa shape index (κ3) is 2.98. The van der Waals surface area contributed by atoms with Gasteiger partial charge in [0.15, 0.2) is 0 Å². The number of aliphatic hydroxyl groups is 1. The lowest BCUT2D eigenvalue weighted by Crippen LogP contribution is -2.16. The van der Waals surface area contributed by atoms with Gasteiger partial charge in [-0.05, 0) is 37.3 Å². The molecule has 5 heteroatoms. The number of nitrogens with zero attached hydrogens (tertiary/aromatic N) is 1. The van der Waals surface area contributed by atoms with Gasteiger partial charge in [-0.1, -0.05) is 0 Å². The van der Waals surface area contributed by atoms with E-state index in [1.165, 1.54) is 7.11 Å². The van der Waals surface area contributed by atoms with E-state index in [0.717, 1.165) is 25.8 Å². The lowest BCUT2D eigenvalue weighted by atomic mass is 10.1. The van der Waals surface area contributed by atoms with Crippen molar-refractivity contribution < 1.29 is 14.6 Å². The summed E-state index contributed by atoms with van der Waals surface area (Å²) < 4.78 is 4.71. The molecule has 5 nitrogen and oxygen atoms in total. The van der Waals surface area contributed by atoms with Crippen LogP contribution in [0, 0.1) is 5.92 Å². The van der Waals surface area contributed by atoms with Gasteiger partial charge in [-0.25, -0.2) is 9.78 Å². The first-order valence-corrected chi connectivity index (χ1v) is 6.16. The van der Waals surface area contributed by atoms with Crippen molar-refractivity contribution in [1.29, 1.82) is 0 Å². The van der Waals surface area contributed by atoms with E-state index in [9.17, 15) is 9.90 Å². The summed E-state index contributed by atoms with van der Waals surface area (Å²) in [5.74, 6) is 0.593. The van der Waals surface area contributed by atoms with Crippen molar-refractivity contribution >= 4 is 11.8 Å². The minimum absolute atomic E-state index is 0.180. The van der Waals surface area contributed by atoms with Crippen molar-refractivity contribution in [2.75, 3.05) is 19.0 Å². The number of methoxy groups -OCH3 is 1. The summed E-state index contributed by atoms with van der Waals surface area (Å²) >= 11 is 0. The van der Waals surface area contributed by atoms with Gasteiger partial charge in [-0.15, -0.1) is 0 Å². The van der Waals surface area contributed by atoms with E-state index in [2.05, 4.69) is 10.3 Å². The Morgan fingerprint density at radius 3 is 3.11 bits per heavy atom. The van der Waals surface area contributed by atoms with Crippen LogP contribution in [0.25, 0.3) is 0 Å². The number of rotatable bonds is 4. The minimum atomic E-state index is -0.392. The summed E-state index contributed by atoms with van der Waals surface area (Å²) in [6, 6.07) is 3.39. The molecule has 0 aliphatic heterocycles. The van der Waals surface area contributed by atoms with E-state index in [1.807, 2.05) is 0 Å². The fourth-order valence-corrected chi connectivity index (χ4v) is 2.30. The highest BCUT2D eigenvalue weighted by molar-refractivity contribution is 5.94. The van der Waals surface area contributed by atoms with Crippen molar-refractivity contribution in [3.8, 4) is 0 Å². The van der Waals surface area contributed by atoms with E-state index >= 15 is 0 Å². The molecular formula is C13H18N2O3. The molecule has 1 saturated carbocycles. The third-order valence-electron chi connectivity index (χ3n) is 3.28. The molecule has 1 heterocycles. The molecule has 2 atom stereocenters. The summed E-state index contributed by atoms with van der Waals surface area (Å²) in [6.07, 6.45) is 4.14. The summed E-state index contributed by atoms with van der Waals surface area (Å²) in [5, 5.41) is 12.6. The number of aliphatic hydroxyl groups excluding tert-OH is 1. The second-order valence-corrected chi connectivity index (χ2v) is 4.60. The lowest BCUT2D eigenvalue weighted by Gasteiger charge is -2.13. The van der Waals surface area contributed by atoms with Gasteiger partial charge >= 0.3 is 5.97 Å². The molecule has 1 aliphatic carbocycles. The Hall–Kier alpha value is -1.62. The van der Waals surface area contributed by atoms with Crippen LogP contribution in [0.3, 0.4) is 0 Å². The number of carbonyl (C=O) groups excluding carboxylic acids is 1. The number of ether oxygens (including phenoxy) is 1. The van der Waals surface area contributed by atoms with Crippen molar-refractivity contribution in [2.24, 2.45) is 5.92 Å².